The molecule has 3 heterocycles. The molecule has 16 atom stereocenters. The van der Waals surface area contributed by atoms with Crippen molar-refractivity contribution in [2.45, 2.75) is 138 Å². The molecule has 2 aliphatic rings. The Hall–Kier alpha value is -5.09. The van der Waals surface area contributed by atoms with Crippen molar-refractivity contribution in [1.29, 1.82) is 0 Å². The van der Waals surface area contributed by atoms with Crippen molar-refractivity contribution in [2.24, 2.45) is 5.73 Å². The molecule has 4 amide bonds. The summed E-state index contributed by atoms with van der Waals surface area (Å²) in [7, 11) is -11.7. The number of nitrogens with one attached hydrogen (secondary N) is 5. The predicted molar refractivity (Wildman–Crippen MR) is 224 cm³/mol. The molecule has 1 aromatic rings. The van der Waals surface area contributed by atoms with Gasteiger partial charge in [0, 0.05) is 25.6 Å². The van der Waals surface area contributed by atoms with Crippen LogP contribution in [0.4, 0.5) is 0 Å². The van der Waals surface area contributed by atoms with Crippen LogP contribution < -0.4 is 38.2 Å². The summed E-state index contributed by atoms with van der Waals surface area (Å²) in [5.41, 5.74) is 3.51. The number of nitrogens with zero attached hydrogens (tertiary/aromatic N) is 1. The molecule has 33 nitrogen and oxygen atoms in total. The van der Waals surface area contributed by atoms with E-state index in [9.17, 15) is 92.7 Å². The molecular formula is C35H55N7O26P2. The van der Waals surface area contributed by atoms with E-state index in [1.807, 2.05) is 4.98 Å². The highest BCUT2D eigenvalue weighted by molar-refractivity contribution is 7.61. The van der Waals surface area contributed by atoms with Crippen LogP contribution in [0.15, 0.2) is 21.9 Å². The summed E-state index contributed by atoms with van der Waals surface area (Å²) in [6.07, 6.45) is -17.6. The molecule has 0 aliphatic carbocycles. The number of rotatable bonds is 27. The summed E-state index contributed by atoms with van der Waals surface area (Å²) in [5.74, 6) is -8.57. The zero-order valence-corrected chi connectivity index (χ0v) is 38.9. The summed E-state index contributed by atoms with van der Waals surface area (Å²) >= 11 is 0. The maximum Gasteiger partial charge on any atom is 0.483 e. The zero-order valence-electron chi connectivity index (χ0n) is 37.1. The summed E-state index contributed by atoms with van der Waals surface area (Å²) in [6, 6.07) is -7.11. The van der Waals surface area contributed by atoms with Crippen LogP contribution in [0.2, 0.25) is 0 Å². The molecule has 70 heavy (non-hydrogen) atoms. The van der Waals surface area contributed by atoms with Crippen LogP contribution in [0.25, 0.3) is 0 Å². The van der Waals surface area contributed by atoms with Crippen molar-refractivity contribution in [3.05, 3.63) is 33.1 Å². The topological polar surface area (TPSA) is 520 Å². The first kappa shape index (κ1) is 59.2. The number of aliphatic carboxylic acids is 3. The number of hydrogen-bond acceptors (Lipinski definition) is 22. The van der Waals surface area contributed by atoms with Gasteiger partial charge in [0.15, 0.2) is 12.5 Å². The van der Waals surface area contributed by atoms with Gasteiger partial charge in [-0.2, -0.15) is 4.31 Å². The maximum absolute atomic E-state index is 13.2. The van der Waals surface area contributed by atoms with Gasteiger partial charge in [-0.1, -0.05) is 0 Å². The Balaban J connectivity index is 1.64. The largest absolute Gasteiger partial charge is 0.483 e. The summed E-state index contributed by atoms with van der Waals surface area (Å²) in [4.78, 5) is 132. The monoisotopic (exact) mass is 1050 g/mol. The van der Waals surface area contributed by atoms with E-state index in [0.29, 0.717) is 4.57 Å². The van der Waals surface area contributed by atoms with Crippen LogP contribution in [0, 0.1) is 0 Å². The van der Waals surface area contributed by atoms with Crippen molar-refractivity contribution >= 4 is 57.2 Å². The van der Waals surface area contributed by atoms with E-state index < -0.39 is 180 Å². The summed E-state index contributed by atoms with van der Waals surface area (Å²) in [5, 5.41) is 78.4. The van der Waals surface area contributed by atoms with E-state index in [2.05, 4.69) is 30.1 Å². The molecule has 16 N–H and O–H groups in total. The van der Waals surface area contributed by atoms with Gasteiger partial charge in [-0.25, -0.2) is 23.5 Å². The minimum atomic E-state index is -5.94. The fourth-order valence-electron chi connectivity index (χ4n) is 6.62. The van der Waals surface area contributed by atoms with Gasteiger partial charge in [-0.15, -0.1) is 0 Å². The fourth-order valence-corrected chi connectivity index (χ4v) is 8.78. The molecule has 2 aliphatic heterocycles. The Labute approximate surface area is 393 Å². The van der Waals surface area contributed by atoms with Gasteiger partial charge in [0.2, 0.25) is 23.6 Å². The molecule has 1 aromatic heterocycles. The first-order valence-electron chi connectivity index (χ1n) is 20.7. The lowest BCUT2D eigenvalue weighted by Crippen LogP contribution is -2.66. The van der Waals surface area contributed by atoms with Gasteiger partial charge in [-0.3, -0.25) is 47.4 Å². The molecule has 3 rings (SSSR count). The number of carbonyl (C=O) groups is 7. The third-order valence-corrected chi connectivity index (χ3v) is 12.8. The van der Waals surface area contributed by atoms with Gasteiger partial charge in [0.25, 0.3) is 5.56 Å². The number of aromatic amines is 1. The highest BCUT2D eigenvalue weighted by atomic mass is 31.3. The zero-order chi connectivity index (χ0) is 53.0. The first-order chi connectivity index (χ1) is 32.5. The molecule has 0 saturated carbocycles. The Morgan fingerprint density at radius 1 is 0.843 bits per heavy atom. The van der Waals surface area contributed by atoms with Crippen LogP contribution in [-0.4, -0.2) is 189 Å². The number of carboxylic acids is 3. The lowest BCUT2D eigenvalue weighted by atomic mass is 9.96. The third kappa shape index (κ3) is 17.3. The number of aromatic nitrogens is 2. The van der Waals surface area contributed by atoms with Crippen LogP contribution in [0.1, 0.15) is 59.1 Å². The maximum atomic E-state index is 13.2. The Kier molecular flexibility index (Phi) is 21.9. The molecule has 35 heteroatoms. The molecule has 2 unspecified atom stereocenters. The van der Waals surface area contributed by atoms with Crippen molar-refractivity contribution in [3.63, 3.8) is 0 Å². The van der Waals surface area contributed by atoms with E-state index in [4.69, 9.17) is 29.6 Å². The molecule has 0 aromatic carbocycles. The van der Waals surface area contributed by atoms with E-state index in [0.717, 1.165) is 33.0 Å². The number of phosphoric acid groups is 2. The van der Waals surface area contributed by atoms with Crippen LogP contribution in [0.5, 0.6) is 0 Å². The van der Waals surface area contributed by atoms with Crippen molar-refractivity contribution in [3.8, 4) is 0 Å². The Morgan fingerprint density at radius 3 is 2.04 bits per heavy atom. The smallest absolute Gasteiger partial charge is 0.480 e. The lowest BCUT2D eigenvalue weighted by molar-refractivity contribution is -0.261. The highest BCUT2D eigenvalue weighted by Gasteiger charge is 2.52. The van der Waals surface area contributed by atoms with E-state index in [-0.39, 0.29) is 19.3 Å². The fraction of sp³-hybridized carbons (Fsp3) is 0.686. The van der Waals surface area contributed by atoms with Crippen molar-refractivity contribution in [1.82, 2.24) is 30.8 Å². The van der Waals surface area contributed by atoms with Crippen LogP contribution >= 0.6 is 15.6 Å². The number of amides is 4. The van der Waals surface area contributed by atoms with Gasteiger partial charge in [0.05, 0.1) is 13.2 Å². The van der Waals surface area contributed by atoms with Gasteiger partial charge < -0.3 is 86.7 Å². The lowest BCUT2D eigenvalue weighted by Gasteiger charge is -2.44. The Bertz CT molecular complexity index is 2270. The van der Waals surface area contributed by atoms with E-state index >= 15 is 0 Å². The molecule has 0 radical (unpaired) electrons. The summed E-state index contributed by atoms with van der Waals surface area (Å²) < 4.78 is 56.8. The predicted octanol–water partition coefficient (Wildman–Crippen LogP) is -6.23. The second kappa shape index (κ2) is 25.9. The number of H-pyrrole nitrogens is 1. The van der Waals surface area contributed by atoms with Crippen molar-refractivity contribution in [2.75, 3.05) is 13.2 Å². The molecule has 0 bridgehead atoms. The molecular weight excluding hydrogens is 996 g/mol. The highest BCUT2D eigenvalue weighted by Crippen LogP contribution is 2.61. The van der Waals surface area contributed by atoms with Crippen LogP contribution in [-0.2, 0) is 70.3 Å². The van der Waals surface area contributed by atoms with Gasteiger partial charge >= 0.3 is 39.2 Å². The van der Waals surface area contributed by atoms with Crippen LogP contribution in [0.3, 0.4) is 0 Å². The van der Waals surface area contributed by atoms with E-state index in [1.54, 1.807) is 0 Å². The number of carbonyl (C=O) groups excluding carboxylic acids is 4. The molecule has 2 saturated heterocycles. The van der Waals surface area contributed by atoms with Gasteiger partial charge in [0.1, 0.15) is 72.9 Å². The van der Waals surface area contributed by atoms with Gasteiger partial charge in [-0.05, 0) is 39.5 Å². The molecule has 2 fully saturated rings. The van der Waals surface area contributed by atoms with E-state index in [1.165, 1.54) is 0 Å². The quantitative estimate of drug-likeness (QED) is 0.0365. The number of aliphatic hydroxyl groups excluding tert-OH is 4. The number of phosphoric ester groups is 2. The third-order valence-electron chi connectivity index (χ3n) is 10.2. The minimum absolute atomic E-state index is 0.00343. The second-order valence-corrected chi connectivity index (χ2v) is 18.7. The number of hydrogen-bond donors (Lipinski definition) is 15. The number of ether oxygens (including phenoxy) is 3. The second-order valence-electron chi connectivity index (χ2n) is 15.7. The molecule has 396 valence electrons. The Morgan fingerprint density at radius 2 is 1.47 bits per heavy atom. The average Bonchev–Trinajstić information content (AvgIpc) is 3.53. The SMILES string of the molecule is CC(=O)N[C@H]1[C@@H](OP(=O)(O)OP(=O)(O)OC[C@H]2O[C@@H](n3ccc(=O)[nH]c3=O)[C@H](O)[C@@H]2O)O[C@H](CO)[C@@H](O)[C@@H]1O[C@H](C)C(=O)N[C@@H](C)C(=O)N[C@H](CCC(=O)N[C@@H](CCC[C@@H](N)C(=O)O)C(=O)O)C(=O)O. The number of nitrogens with two attached hydrogens (primary N) is 1. The summed E-state index contributed by atoms with van der Waals surface area (Å²) in [6.45, 7) is 0.794. The standard InChI is InChI=1S/C35H55N7O26P2/c1-13(28(50)40-18(33(56)57)7-8-21(45)39-17(32(54)55)6-4-5-16(36)31(52)53)37-29(51)14(2)64-27-23(38-15(3)44)34(66-19(11-43)25(27)48)67-70(61,62)68-69(59,60)63-12-20-24(47)26(49)30(65-20)42-10-9-22(46)41-35(42)58/h9-10,13-14,16-20,23-27,30,34,43,47-49H,4-8,11-12,36H2,1-3H3,(H,37,51)(H,38,44)(H,39,45)(H,40,50)(H,52,53)(H,54,55)(H,56,57)(H,59,60)(H,61,62)(H,41,46,58)/t13-,14+,16+,17-,18+,19+,20+,23+,24+,25+,26+,27+,30+,34+/m0/s1. The minimum Gasteiger partial charge on any atom is -0.480 e. The number of aliphatic hydroxyl groups is 4. The van der Waals surface area contributed by atoms with Crippen molar-refractivity contribution < 1.29 is 116 Å². The number of carboxylic acid groups (broad SMARTS) is 3. The normalized spacial score (nSPS) is 27.3. The average molecular weight is 1050 g/mol. The first-order valence-corrected chi connectivity index (χ1v) is 23.7. The molecule has 0 spiro atoms.